The van der Waals surface area contributed by atoms with Crippen LogP contribution in [0.3, 0.4) is 0 Å². The van der Waals surface area contributed by atoms with E-state index >= 15 is 0 Å². The molecule has 1 unspecified atom stereocenters. The van der Waals surface area contributed by atoms with Crippen molar-refractivity contribution in [1.29, 1.82) is 0 Å². The Balaban J connectivity index is 2.45. The van der Waals surface area contributed by atoms with Crippen LogP contribution in [0.25, 0.3) is 0 Å². The molecule has 0 aromatic carbocycles. The monoisotopic (exact) mass is 213 g/mol. The van der Waals surface area contributed by atoms with Crippen molar-refractivity contribution < 1.29 is 9.26 Å². The van der Waals surface area contributed by atoms with Gasteiger partial charge in [0.2, 0.25) is 5.89 Å². The smallest absolute Gasteiger partial charge is 0.228 e. The maximum atomic E-state index is 5.90. The zero-order chi connectivity index (χ0) is 11.3. The lowest BCUT2D eigenvalue weighted by molar-refractivity contribution is 0.126. The van der Waals surface area contributed by atoms with Gasteiger partial charge in [0, 0.05) is 19.1 Å². The molecular formula is C10H19N3O2. The van der Waals surface area contributed by atoms with Gasteiger partial charge in [-0.15, -0.1) is 0 Å². The SMILES string of the molecule is CCOCc1noc(CC(N)C(C)C)n1. The van der Waals surface area contributed by atoms with E-state index in [0.717, 1.165) is 0 Å². The zero-order valence-electron chi connectivity index (χ0n) is 9.56. The van der Waals surface area contributed by atoms with Gasteiger partial charge in [-0.2, -0.15) is 4.98 Å². The minimum atomic E-state index is 0.0605. The summed E-state index contributed by atoms with van der Waals surface area (Å²) >= 11 is 0. The van der Waals surface area contributed by atoms with Crippen molar-refractivity contribution in [3.63, 3.8) is 0 Å². The zero-order valence-corrected chi connectivity index (χ0v) is 9.56. The van der Waals surface area contributed by atoms with Crippen molar-refractivity contribution in [3.05, 3.63) is 11.7 Å². The lowest BCUT2D eigenvalue weighted by Gasteiger charge is -2.11. The first-order valence-corrected chi connectivity index (χ1v) is 5.28. The fourth-order valence-electron chi connectivity index (χ4n) is 1.06. The second kappa shape index (κ2) is 5.82. The molecule has 0 aliphatic heterocycles. The third kappa shape index (κ3) is 3.97. The molecule has 1 aromatic rings. The number of aromatic nitrogens is 2. The molecule has 5 nitrogen and oxygen atoms in total. The second-order valence-electron chi connectivity index (χ2n) is 3.85. The van der Waals surface area contributed by atoms with Gasteiger partial charge in [-0.05, 0) is 12.8 Å². The lowest BCUT2D eigenvalue weighted by atomic mass is 10.0. The summed E-state index contributed by atoms with van der Waals surface area (Å²) < 4.78 is 10.2. The van der Waals surface area contributed by atoms with Crippen LogP contribution in [-0.4, -0.2) is 22.8 Å². The first-order chi connectivity index (χ1) is 7.13. The minimum absolute atomic E-state index is 0.0605. The van der Waals surface area contributed by atoms with Gasteiger partial charge in [0.1, 0.15) is 6.61 Å². The molecule has 1 aromatic heterocycles. The van der Waals surface area contributed by atoms with Crippen LogP contribution in [0.2, 0.25) is 0 Å². The first-order valence-electron chi connectivity index (χ1n) is 5.28. The minimum Gasteiger partial charge on any atom is -0.374 e. The van der Waals surface area contributed by atoms with Crippen LogP contribution in [0.4, 0.5) is 0 Å². The topological polar surface area (TPSA) is 74.2 Å². The van der Waals surface area contributed by atoms with Crippen molar-refractivity contribution in [2.75, 3.05) is 6.61 Å². The number of rotatable bonds is 6. The molecular weight excluding hydrogens is 194 g/mol. The van der Waals surface area contributed by atoms with Gasteiger partial charge in [-0.3, -0.25) is 0 Å². The molecule has 0 bridgehead atoms. The Kier molecular flexibility index (Phi) is 4.71. The summed E-state index contributed by atoms with van der Waals surface area (Å²) in [5.41, 5.74) is 5.90. The Morgan fingerprint density at radius 1 is 1.47 bits per heavy atom. The number of hydrogen-bond donors (Lipinski definition) is 1. The Morgan fingerprint density at radius 3 is 2.80 bits per heavy atom. The van der Waals surface area contributed by atoms with Crippen LogP contribution in [0.15, 0.2) is 4.52 Å². The third-order valence-electron chi connectivity index (χ3n) is 2.21. The molecule has 0 aliphatic carbocycles. The molecule has 0 amide bonds. The van der Waals surface area contributed by atoms with E-state index in [1.54, 1.807) is 0 Å². The second-order valence-corrected chi connectivity index (χ2v) is 3.85. The molecule has 1 atom stereocenters. The molecule has 0 radical (unpaired) electrons. The summed E-state index contributed by atoms with van der Waals surface area (Å²) in [5.74, 6) is 1.58. The van der Waals surface area contributed by atoms with Gasteiger partial charge in [0.15, 0.2) is 5.82 Å². The Labute approximate surface area is 90.0 Å². The van der Waals surface area contributed by atoms with Crippen molar-refractivity contribution in [2.24, 2.45) is 11.7 Å². The van der Waals surface area contributed by atoms with Gasteiger partial charge < -0.3 is 15.0 Å². The first kappa shape index (κ1) is 12.1. The summed E-state index contributed by atoms with van der Waals surface area (Å²) in [5, 5.41) is 3.80. The predicted molar refractivity (Wildman–Crippen MR) is 56.1 cm³/mol. The maximum absolute atomic E-state index is 5.90. The van der Waals surface area contributed by atoms with Gasteiger partial charge in [0.25, 0.3) is 0 Å². The molecule has 1 rings (SSSR count). The number of nitrogens with zero attached hydrogens (tertiary/aromatic N) is 2. The highest BCUT2D eigenvalue weighted by Crippen LogP contribution is 2.07. The van der Waals surface area contributed by atoms with Crippen molar-refractivity contribution in [2.45, 2.75) is 39.8 Å². The molecule has 15 heavy (non-hydrogen) atoms. The third-order valence-corrected chi connectivity index (χ3v) is 2.21. The molecule has 1 heterocycles. The lowest BCUT2D eigenvalue weighted by Crippen LogP contribution is -2.28. The fraction of sp³-hybridized carbons (Fsp3) is 0.800. The van der Waals surface area contributed by atoms with E-state index in [9.17, 15) is 0 Å². The molecule has 0 saturated heterocycles. The van der Waals surface area contributed by atoms with Crippen LogP contribution < -0.4 is 5.73 Å². The molecule has 5 heteroatoms. The van der Waals surface area contributed by atoms with E-state index in [2.05, 4.69) is 24.0 Å². The average Bonchev–Trinajstić information content (AvgIpc) is 2.62. The van der Waals surface area contributed by atoms with Crippen molar-refractivity contribution in [3.8, 4) is 0 Å². The summed E-state index contributed by atoms with van der Waals surface area (Å²) in [7, 11) is 0. The van der Waals surface area contributed by atoms with Gasteiger partial charge in [-0.1, -0.05) is 19.0 Å². The molecule has 0 aliphatic rings. The highest BCUT2D eigenvalue weighted by molar-refractivity contribution is 4.88. The van der Waals surface area contributed by atoms with E-state index in [0.29, 0.717) is 37.3 Å². The van der Waals surface area contributed by atoms with Crippen LogP contribution >= 0.6 is 0 Å². The summed E-state index contributed by atoms with van der Waals surface area (Å²) in [4.78, 5) is 4.19. The van der Waals surface area contributed by atoms with Crippen molar-refractivity contribution in [1.82, 2.24) is 10.1 Å². The largest absolute Gasteiger partial charge is 0.374 e. The number of nitrogens with two attached hydrogens (primary N) is 1. The number of ether oxygens (including phenoxy) is 1. The summed E-state index contributed by atoms with van der Waals surface area (Å²) in [6.45, 7) is 7.12. The van der Waals surface area contributed by atoms with E-state index in [4.69, 9.17) is 15.0 Å². The van der Waals surface area contributed by atoms with Crippen LogP contribution in [0.1, 0.15) is 32.5 Å². The van der Waals surface area contributed by atoms with E-state index in [1.807, 2.05) is 6.92 Å². The van der Waals surface area contributed by atoms with Crippen LogP contribution in [0.5, 0.6) is 0 Å². The molecule has 2 N–H and O–H groups in total. The summed E-state index contributed by atoms with van der Waals surface area (Å²) in [6.07, 6.45) is 0.622. The molecule has 0 saturated carbocycles. The Hall–Kier alpha value is -0.940. The highest BCUT2D eigenvalue weighted by atomic mass is 16.5. The Bertz CT molecular complexity index is 286. The Morgan fingerprint density at radius 2 is 2.20 bits per heavy atom. The summed E-state index contributed by atoms with van der Waals surface area (Å²) in [6, 6.07) is 0.0605. The van der Waals surface area contributed by atoms with Gasteiger partial charge in [-0.25, -0.2) is 0 Å². The normalized spacial score (nSPS) is 13.4. The average molecular weight is 213 g/mol. The van der Waals surface area contributed by atoms with E-state index < -0.39 is 0 Å². The van der Waals surface area contributed by atoms with Crippen LogP contribution in [0, 0.1) is 5.92 Å². The molecule has 86 valence electrons. The number of hydrogen-bond acceptors (Lipinski definition) is 5. The predicted octanol–water partition coefficient (Wildman–Crippen LogP) is 1.13. The van der Waals surface area contributed by atoms with Gasteiger partial charge >= 0.3 is 0 Å². The fourth-order valence-corrected chi connectivity index (χ4v) is 1.06. The van der Waals surface area contributed by atoms with Crippen LogP contribution in [-0.2, 0) is 17.8 Å². The quantitative estimate of drug-likeness (QED) is 0.766. The molecule has 0 spiro atoms. The van der Waals surface area contributed by atoms with Gasteiger partial charge in [0.05, 0.1) is 0 Å². The standard InChI is InChI=1S/C10H19N3O2/c1-4-14-6-9-12-10(15-13-9)5-8(11)7(2)3/h7-8H,4-6,11H2,1-3H3. The van der Waals surface area contributed by atoms with E-state index in [1.165, 1.54) is 0 Å². The van der Waals surface area contributed by atoms with Crippen molar-refractivity contribution >= 4 is 0 Å². The highest BCUT2D eigenvalue weighted by Gasteiger charge is 2.13. The maximum Gasteiger partial charge on any atom is 0.228 e. The molecule has 0 fully saturated rings. The van der Waals surface area contributed by atoms with E-state index in [-0.39, 0.29) is 6.04 Å².